The van der Waals surface area contributed by atoms with Gasteiger partial charge in [0.25, 0.3) is 0 Å². The van der Waals surface area contributed by atoms with E-state index < -0.39 is 5.60 Å². The normalized spacial score (nSPS) is 12.3. The van der Waals surface area contributed by atoms with E-state index in [-0.39, 0.29) is 5.82 Å². The highest BCUT2D eigenvalue weighted by atomic mass is 79.9. The molecule has 0 aliphatic rings. The quantitative estimate of drug-likeness (QED) is 0.943. The number of nitrogens with zero attached hydrogens (tertiary/aromatic N) is 3. The Hall–Kier alpha value is -1.01. The Bertz CT molecular complexity index is 566. The van der Waals surface area contributed by atoms with Crippen molar-refractivity contribution >= 4 is 27.0 Å². The van der Waals surface area contributed by atoms with Gasteiger partial charge in [0.15, 0.2) is 0 Å². The van der Waals surface area contributed by atoms with Gasteiger partial charge in [-0.05, 0) is 34.8 Å². The van der Waals surface area contributed by atoms with Crippen LogP contribution in [0.2, 0.25) is 0 Å². The van der Waals surface area contributed by atoms with Crippen molar-refractivity contribution in [3.05, 3.63) is 22.4 Å². The first kappa shape index (κ1) is 13.4. The summed E-state index contributed by atoms with van der Waals surface area (Å²) in [5.41, 5.74) is 0.373. The monoisotopic (exact) mass is 315 g/mol. The zero-order valence-corrected chi connectivity index (χ0v) is 11.9. The molecule has 0 saturated heterocycles. The maximum atomic E-state index is 13.5. The van der Waals surface area contributed by atoms with Gasteiger partial charge >= 0.3 is 0 Å². The SMILES string of the molecule is CCC(O)(CC)Cn1nnc2cc(Br)c(F)cc21. The van der Waals surface area contributed by atoms with Crippen LogP contribution in [-0.4, -0.2) is 25.7 Å². The number of hydrogen-bond donors (Lipinski definition) is 1. The molecule has 0 aliphatic carbocycles. The molecular weight excluding hydrogens is 301 g/mol. The molecule has 0 saturated carbocycles. The van der Waals surface area contributed by atoms with E-state index in [0.717, 1.165) is 0 Å². The van der Waals surface area contributed by atoms with Crippen LogP contribution in [0.4, 0.5) is 4.39 Å². The Balaban J connectivity index is 2.43. The van der Waals surface area contributed by atoms with E-state index in [4.69, 9.17) is 0 Å². The Morgan fingerprint density at radius 3 is 2.67 bits per heavy atom. The van der Waals surface area contributed by atoms with Gasteiger partial charge in [-0.2, -0.15) is 0 Å². The zero-order valence-electron chi connectivity index (χ0n) is 10.3. The topological polar surface area (TPSA) is 50.9 Å². The second-order valence-corrected chi connectivity index (χ2v) is 5.29. The van der Waals surface area contributed by atoms with Gasteiger partial charge in [-0.1, -0.05) is 19.1 Å². The molecule has 1 aromatic carbocycles. The molecule has 18 heavy (non-hydrogen) atoms. The second-order valence-electron chi connectivity index (χ2n) is 4.43. The summed E-state index contributed by atoms with van der Waals surface area (Å²) in [6.45, 7) is 4.15. The van der Waals surface area contributed by atoms with E-state index in [9.17, 15) is 9.50 Å². The predicted octanol–water partition coefficient (Wildman–Crippen LogP) is 2.88. The first-order chi connectivity index (χ1) is 8.49. The molecule has 0 fully saturated rings. The number of aliphatic hydroxyl groups is 1. The maximum absolute atomic E-state index is 13.5. The van der Waals surface area contributed by atoms with Crippen molar-refractivity contribution in [1.82, 2.24) is 15.0 Å². The number of fused-ring (bicyclic) bond motifs is 1. The number of aromatic nitrogens is 3. The van der Waals surface area contributed by atoms with Crippen LogP contribution in [0.5, 0.6) is 0 Å². The van der Waals surface area contributed by atoms with Crippen molar-refractivity contribution in [3.63, 3.8) is 0 Å². The fourth-order valence-electron chi connectivity index (χ4n) is 1.83. The van der Waals surface area contributed by atoms with Crippen LogP contribution < -0.4 is 0 Å². The molecule has 0 unspecified atom stereocenters. The third kappa shape index (κ3) is 2.40. The van der Waals surface area contributed by atoms with Crippen molar-refractivity contribution in [2.45, 2.75) is 38.8 Å². The number of rotatable bonds is 4. The largest absolute Gasteiger partial charge is 0.388 e. The second kappa shape index (κ2) is 4.93. The van der Waals surface area contributed by atoms with Crippen LogP contribution in [0.15, 0.2) is 16.6 Å². The molecular formula is C12H15BrFN3O. The van der Waals surface area contributed by atoms with Crippen LogP contribution in [0.25, 0.3) is 11.0 Å². The van der Waals surface area contributed by atoms with Crippen molar-refractivity contribution in [1.29, 1.82) is 0 Å². The van der Waals surface area contributed by atoms with E-state index in [1.807, 2.05) is 13.8 Å². The summed E-state index contributed by atoms with van der Waals surface area (Å²) in [5.74, 6) is -0.359. The molecule has 0 bridgehead atoms. The summed E-state index contributed by atoms with van der Waals surface area (Å²) in [4.78, 5) is 0. The van der Waals surface area contributed by atoms with Gasteiger partial charge in [0, 0.05) is 6.07 Å². The fourth-order valence-corrected chi connectivity index (χ4v) is 2.16. The first-order valence-electron chi connectivity index (χ1n) is 5.89. The lowest BCUT2D eigenvalue weighted by atomic mass is 9.98. The summed E-state index contributed by atoms with van der Waals surface area (Å²) >= 11 is 3.11. The Kier molecular flexibility index (Phi) is 3.68. The van der Waals surface area contributed by atoms with Gasteiger partial charge in [-0.15, -0.1) is 5.10 Å². The van der Waals surface area contributed by atoms with Gasteiger partial charge in [-0.3, -0.25) is 0 Å². The minimum atomic E-state index is -0.829. The molecule has 0 atom stereocenters. The molecule has 98 valence electrons. The van der Waals surface area contributed by atoms with Crippen molar-refractivity contribution in [3.8, 4) is 0 Å². The number of halogens is 2. The lowest BCUT2D eigenvalue weighted by Crippen LogP contribution is -2.33. The minimum Gasteiger partial charge on any atom is -0.388 e. The minimum absolute atomic E-state index is 0.317. The molecule has 0 amide bonds. The third-order valence-corrected chi connectivity index (χ3v) is 3.92. The van der Waals surface area contributed by atoms with Crippen LogP contribution in [0.3, 0.4) is 0 Å². The summed E-state index contributed by atoms with van der Waals surface area (Å²) in [6.07, 6.45) is 1.23. The molecule has 1 N–H and O–H groups in total. The van der Waals surface area contributed by atoms with Crippen molar-refractivity contribution in [2.75, 3.05) is 0 Å². The summed E-state index contributed by atoms with van der Waals surface area (Å²) in [5, 5.41) is 18.2. The molecule has 1 heterocycles. The zero-order chi connectivity index (χ0) is 13.3. The van der Waals surface area contributed by atoms with E-state index >= 15 is 0 Å². The molecule has 2 rings (SSSR count). The van der Waals surface area contributed by atoms with E-state index in [1.54, 1.807) is 10.7 Å². The Morgan fingerprint density at radius 2 is 2.06 bits per heavy atom. The summed E-state index contributed by atoms with van der Waals surface area (Å²) in [7, 11) is 0. The van der Waals surface area contributed by atoms with Crippen LogP contribution in [0, 0.1) is 5.82 Å². The highest BCUT2D eigenvalue weighted by molar-refractivity contribution is 9.10. The van der Waals surface area contributed by atoms with Crippen LogP contribution in [-0.2, 0) is 6.54 Å². The fraction of sp³-hybridized carbons (Fsp3) is 0.500. The molecule has 1 aromatic heterocycles. The van der Waals surface area contributed by atoms with E-state index in [2.05, 4.69) is 26.2 Å². The van der Waals surface area contributed by atoms with Crippen molar-refractivity contribution in [2.24, 2.45) is 0 Å². The molecule has 2 aromatic rings. The molecule has 4 nitrogen and oxygen atoms in total. The predicted molar refractivity (Wildman–Crippen MR) is 70.7 cm³/mol. The highest BCUT2D eigenvalue weighted by Gasteiger charge is 2.24. The Labute approximate surface area is 113 Å². The van der Waals surface area contributed by atoms with Gasteiger partial charge in [0.1, 0.15) is 11.3 Å². The van der Waals surface area contributed by atoms with Gasteiger partial charge in [0.2, 0.25) is 0 Å². The van der Waals surface area contributed by atoms with Crippen molar-refractivity contribution < 1.29 is 9.50 Å². The summed E-state index contributed by atoms with van der Waals surface area (Å²) in [6, 6.07) is 2.97. The smallest absolute Gasteiger partial charge is 0.139 e. The molecule has 0 spiro atoms. The van der Waals surface area contributed by atoms with Crippen LogP contribution >= 0.6 is 15.9 Å². The van der Waals surface area contributed by atoms with Gasteiger partial charge in [0.05, 0.1) is 22.1 Å². The Morgan fingerprint density at radius 1 is 1.39 bits per heavy atom. The third-order valence-electron chi connectivity index (χ3n) is 3.32. The average Bonchev–Trinajstić information content (AvgIpc) is 2.72. The highest BCUT2D eigenvalue weighted by Crippen LogP contribution is 2.24. The number of benzene rings is 1. The standard InChI is InChI=1S/C12H15BrFN3O/c1-3-12(18,4-2)7-17-11-6-9(14)8(13)5-10(11)15-16-17/h5-6,18H,3-4,7H2,1-2H3. The molecule has 6 heteroatoms. The van der Waals surface area contributed by atoms with Crippen LogP contribution in [0.1, 0.15) is 26.7 Å². The van der Waals surface area contributed by atoms with E-state index in [1.165, 1.54) is 6.07 Å². The maximum Gasteiger partial charge on any atom is 0.139 e. The van der Waals surface area contributed by atoms with Gasteiger partial charge < -0.3 is 5.11 Å². The summed E-state index contributed by atoms with van der Waals surface area (Å²) < 4.78 is 15.4. The average molecular weight is 316 g/mol. The molecule has 0 radical (unpaired) electrons. The lowest BCUT2D eigenvalue weighted by Gasteiger charge is -2.24. The number of hydrogen-bond acceptors (Lipinski definition) is 3. The van der Waals surface area contributed by atoms with Gasteiger partial charge in [-0.25, -0.2) is 9.07 Å². The van der Waals surface area contributed by atoms with E-state index in [0.29, 0.717) is 34.9 Å². The lowest BCUT2D eigenvalue weighted by molar-refractivity contribution is 0.0125. The molecule has 0 aliphatic heterocycles. The first-order valence-corrected chi connectivity index (χ1v) is 6.69.